The number of rotatable bonds is 4. The summed E-state index contributed by atoms with van der Waals surface area (Å²) in [6.07, 6.45) is 1.77. The summed E-state index contributed by atoms with van der Waals surface area (Å²) in [6, 6.07) is 0. The molecule has 0 radical (unpaired) electrons. The van der Waals surface area contributed by atoms with Crippen molar-refractivity contribution in [3.63, 3.8) is 0 Å². The number of nitrogens with one attached hydrogen (secondary N) is 1. The predicted octanol–water partition coefficient (Wildman–Crippen LogP) is 0.678. The van der Waals surface area contributed by atoms with Gasteiger partial charge in [0.1, 0.15) is 6.33 Å². The lowest BCUT2D eigenvalue weighted by molar-refractivity contribution is -0.126. The molecule has 0 aliphatic rings. The quantitative estimate of drug-likeness (QED) is 0.820. The van der Waals surface area contributed by atoms with Crippen LogP contribution in [0.2, 0.25) is 0 Å². The topological polar surface area (TPSA) is 58.1 Å². The van der Waals surface area contributed by atoms with Crippen molar-refractivity contribution in [2.75, 3.05) is 26.0 Å². The van der Waals surface area contributed by atoms with Crippen molar-refractivity contribution < 1.29 is 9.18 Å². The van der Waals surface area contributed by atoms with Gasteiger partial charge in [0.2, 0.25) is 5.91 Å². The first-order valence-electron chi connectivity index (χ1n) is 4.99. The van der Waals surface area contributed by atoms with Gasteiger partial charge in [-0.05, 0) is 6.42 Å². The molecule has 0 aliphatic heterocycles. The molecular weight excluding hydrogens is 211 g/mol. The highest BCUT2D eigenvalue weighted by Crippen LogP contribution is 2.12. The van der Waals surface area contributed by atoms with Crippen molar-refractivity contribution in [2.45, 2.75) is 13.3 Å². The molecule has 5 nitrogen and oxygen atoms in total. The number of hydrogen-bond acceptors (Lipinski definition) is 4. The number of likely N-dealkylation sites (N-methyl/N-ethyl adjacent to an activating group) is 1. The standard InChI is InChI=1S/C10H15FN4O/c1-4-7-9(11)10(14-6-13-7)12-5-8(16)15(2)3/h6H,4-5H2,1-3H3,(H,12,13,14). The van der Waals surface area contributed by atoms with Crippen molar-refractivity contribution >= 4 is 11.7 Å². The summed E-state index contributed by atoms with van der Waals surface area (Å²) in [5, 5.41) is 2.65. The number of nitrogens with zero attached hydrogens (tertiary/aromatic N) is 3. The van der Waals surface area contributed by atoms with E-state index in [0.29, 0.717) is 12.1 Å². The molecule has 0 saturated carbocycles. The normalized spacial score (nSPS) is 10.0. The first-order valence-corrected chi connectivity index (χ1v) is 4.99. The monoisotopic (exact) mass is 226 g/mol. The first kappa shape index (κ1) is 12.4. The number of aryl methyl sites for hydroxylation is 1. The molecule has 0 aliphatic carbocycles. The van der Waals surface area contributed by atoms with Gasteiger partial charge in [0, 0.05) is 14.1 Å². The zero-order chi connectivity index (χ0) is 12.1. The summed E-state index contributed by atoms with van der Waals surface area (Å²) in [4.78, 5) is 20.3. The molecule has 1 N–H and O–H groups in total. The fourth-order valence-electron chi connectivity index (χ4n) is 1.09. The molecule has 6 heteroatoms. The molecule has 0 aromatic carbocycles. The average molecular weight is 226 g/mol. The van der Waals surface area contributed by atoms with Crippen LogP contribution in [0.25, 0.3) is 0 Å². The molecule has 16 heavy (non-hydrogen) atoms. The van der Waals surface area contributed by atoms with Gasteiger partial charge < -0.3 is 10.2 Å². The van der Waals surface area contributed by atoms with Gasteiger partial charge in [0.15, 0.2) is 11.6 Å². The Kier molecular flexibility index (Phi) is 4.16. The van der Waals surface area contributed by atoms with E-state index < -0.39 is 5.82 Å². The van der Waals surface area contributed by atoms with Gasteiger partial charge in [-0.1, -0.05) is 6.92 Å². The Bertz CT molecular complexity index is 381. The second kappa shape index (κ2) is 5.39. The first-order chi connectivity index (χ1) is 7.56. The van der Waals surface area contributed by atoms with Crippen LogP contribution < -0.4 is 5.32 Å². The number of amides is 1. The summed E-state index contributed by atoms with van der Waals surface area (Å²) in [6.45, 7) is 1.82. The Morgan fingerprint density at radius 1 is 1.50 bits per heavy atom. The lowest BCUT2D eigenvalue weighted by atomic mass is 10.3. The lowest BCUT2D eigenvalue weighted by Gasteiger charge is -2.12. The van der Waals surface area contributed by atoms with Crippen LogP contribution in [0.3, 0.4) is 0 Å². The minimum absolute atomic E-state index is 0.0179. The molecule has 1 rings (SSSR count). The van der Waals surface area contributed by atoms with E-state index in [4.69, 9.17) is 0 Å². The van der Waals surface area contributed by atoms with E-state index in [1.54, 1.807) is 21.0 Å². The Balaban J connectivity index is 2.71. The number of carbonyl (C=O) groups is 1. The van der Waals surface area contributed by atoms with Gasteiger partial charge in [-0.2, -0.15) is 0 Å². The van der Waals surface area contributed by atoms with E-state index in [1.165, 1.54) is 11.2 Å². The maximum atomic E-state index is 13.6. The van der Waals surface area contributed by atoms with Crippen LogP contribution >= 0.6 is 0 Å². The minimum Gasteiger partial charge on any atom is -0.358 e. The number of aromatic nitrogens is 2. The van der Waals surface area contributed by atoms with Crippen LogP contribution in [0.15, 0.2) is 6.33 Å². The molecule has 0 bridgehead atoms. The molecule has 88 valence electrons. The van der Waals surface area contributed by atoms with Gasteiger partial charge in [-0.25, -0.2) is 14.4 Å². The van der Waals surface area contributed by atoms with Crippen molar-refractivity contribution in [3.05, 3.63) is 17.8 Å². The largest absolute Gasteiger partial charge is 0.358 e. The Hall–Kier alpha value is -1.72. The van der Waals surface area contributed by atoms with Gasteiger partial charge in [0.25, 0.3) is 0 Å². The second-order valence-electron chi connectivity index (χ2n) is 3.48. The molecule has 1 heterocycles. The van der Waals surface area contributed by atoms with E-state index in [1.807, 2.05) is 0 Å². The Morgan fingerprint density at radius 3 is 2.75 bits per heavy atom. The highest BCUT2D eigenvalue weighted by Gasteiger charge is 2.11. The smallest absolute Gasteiger partial charge is 0.241 e. The zero-order valence-corrected chi connectivity index (χ0v) is 9.62. The molecule has 0 atom stereocenters. The SMILES string of the molecule is CCc1ncnc(NCC(=O)N(C)C)c1F. The van der Waals surface area contributed by atoms with Crippen LogP contribution in [-0.2, 0) is 11.2 Å². The lowest BCUT2D eigenvalue weighted by Crippen LogP contribution is -2.29. The van der Waals surface area contributed by atoms with Crippen LogP contribution in [0.1, 0.15) is 12.6 Å². The van der Waals surface area contributed by atoms with Crippen molar-refractivity contribution in [1.82, 2.24) is 14.9 Å². The molecule has 0 unspecified atom stereocenters. The number of halogens is 1. The molecule has 1 aromatic heterocycles. The predicted molar refractivity (Wildman–Crippen MR) is 58.6 cm³/mol. The average Bonchev–Trinajstić information content (AvgIpc) is 2.27. The molecule has 1 aromatic rings. The van der Waals surface area contributed by atoms with Crippen LogP contribution in [0.5, 0.6) is 0 Å². The Labute approximate surface area is 93.7 Å². The van der Waals surface area contributed by atoms with Gasteiger partial charge in [-0.15, -0.1) is 0 Å². The Morgan fingerprint density at radius 2 is 2.19 bits per heavy atom. The second-order valence-corrected chi connectivity index (χ2v) is 3.48. The highest BCUT2D eigenvalue weighted by molar-refractivity contribution is 5.80. The number of hydrogen-bond donors (Lipinski definition) is 1. The van der Waals surface area contributed by atoms with Crippen molar-refractivity contribution in [2.24, 2.45) is 0 Å². The van der Waals surface area contributed by atoms with E-state index in [9.17, 15) is 9.18 Å². The van der Waals surface area contributed by atoms with Crippen LogP contribution in [0.4, 0.5) is 10.2 Å². The third kappa shape index (κ3) is 2.88. The van der Waals surface area contributed by atoms with Crippen LogP contribution in [-0.4, -0.2) is 41.4 Å². The van der Waals surface area contributed by atoms with Gasteiger partial charge in [-0.3, -0.25) is 4.79 Å². The van der Waals surface area contributed by atoms with Crippen LogP contribution in [0, 0.1) is 5.82 Å². The van der Waals surface area contributed by atoms with Gasteiger partial charge in [0.05, 0.1) is 12.2 Å². The third-order valence-electron chi connectivity index (χ3n) is 2.10. The highest BCUT2D eigenvalue weighted by atomic mass is 19.1. The summed E-state index contributed by atoms with van der Waals surface area (Å²) in [5.74, 6) is -0.560. The fraction of sp³-hybridized carbons (Fsp3) is 0.500. The van der Waals surface area contributed by atoms with Crippen molar-refractivity contribution in [1.29, 1.82) is 0 Å². The molecule has 0 saturated heterocycles. The fourth-order valence-corrected chi connectivity index (χ4v) is 1.09. The third-order valence-corrected chi connectivity index (χ3v) is 2.10. The number of anilines is 1. The summed E-state index contributed by atoms with van der Waals surface area (Å²) in [5.41, 5.74) is 0.342. The zero-order valence-electron chi connectivity index (χ0n) is 9.62. The number of carbonyl (C=O) groups excluding carboxylic acids is 1. The summed E-state index contributed by atoms with van der Waals surface area (Å²) >= 11 is 0. The molecule has 1 amide bonds. The molecule has 0 fully saturated rings. The summed E-state index contributed by atoms with van der Waals surface area (Å²) < 4.78 is 13.6. The van der Waals surface area contributed by atoms with Crippen molar-refractivity contribution in [3.8, 4) is 0 Å². The maximum Gasteiger partial charge on any atom is 0.241 e. The van der Waals surface area contributed by atoms with E-state index in [0.717, 1.165) is 0 Å². The van der Waals surface area contributed by atoms with Gasteiger partial charge >= 0.3 is 0 Å². The maximum absolute atomic E-state index is 13.6. The molecule has 0 spiro atoms. The summed E-state index contributed by atoms with van der Waals surface area (Å²) in [7, 11) is 3.27. The molecular formula is C10H15FN4O. The minimum atomic E-state index is -0.489. The van der Waals surface area contributed by atoms with E-state index in [2.05, 4.69) is 15.3 Å². The van der Waals surface area contributed by atoms with E-state index >= 15 is 0 Å². The van der Waals surface area contributed by atoms with E-state index in [-0.39, 0.29) is 18.3 Å².